The number of fused-ring (bicyclic) bond motifs is 2. The van der Waals surface area contributed by atoms with Gasteiger partial charge in [0, 0.05) is 17.0 Å². The number of hydrogen-bond acceptors (Lipinski definition) is 3. The minimum Gasteiger partial charge on any atom is -0.298 e. The molecule has 2 fully saturated rings. The number of rotatable bonds is 2. The third-order valence-electron chi connectivity index (χ3n) is 5.68. The zero-order valence-electron chi connectivity index (χ0n) is 13.1. The Morgan fingerprint density at radius 2 is 1.83 bits per heavy atom. The predicted molar refractivity (Wildman–Crippen MR) is 85.6 cm³/mol. The number of carbonyl (C=O) groups is 3. The molecule has 1 aromatic rings. The summed E-state index contributed by atoms with van der Waals surface area (Å²) in [4.78, 5) is 37.1. The van der Waals surface area contributed by atoms with Crippen molar-refractivity contribution in [3.05, 3.63) is 34.9 Å². The fourth-order valence-electron chi connectivity index (χ4n) is 4.10. The first-order chi connectivity index (χ1) is 10.8. The topological polar surface area (TPSA) is 75.3 Å². The number of halogens is 1. The van der Waals surface area contributed by atoms with E-state index in [-0.39, 0.29) is 17.1 Å². The van der Waals surface area contributed by atoms with Crippen molar-refractivity contribution in [2.24, 2.45) is 16.7 Å². The van der Waals surface area contributed by atoms with Gasteiger partial charge in [0.2, 0.25) is 0 Å². The molecule has 23 heavy (non-hydrogen) atoms. The summed E-state index contributed by atoms with van der Waals surface area (Å²) < 4.78 is 0. The van der Waals surface area contributed by atoms with Crippen LogP contribution in [0.2, 0.25) is 5.02 Å². The monoisotopic (exact) mass is 334 g/mol. The van der Waals surface area contributed by atoms with Crippen LogP contribution in [0.4, 0.5) is 0 Å². The van der Waals surface area contributed by atoms with E-state index < -0.39 is 17.2 Å². The summed E-state index contributed by atoms with van der Waals surface area (Å²) in [6.45, 7) is 3.94. The average molecular weight is 335 g/mol. The molecule has 6 heteroatoms. The van der Waals surface area contributed by atoms with Crippen molar-refractivity contribution in [3.63, 3.8) is 0 Å². The Morgan fingerprint density at radius 3 is 2.35 bits per heavy atom. The van der Waals surface area contributed by atoms with Crippen LogP contribution in [0.5, 0.6) is 0 Å². The summed E-state index contributed by atoms with van der Waals surface area (Å²) in [6, 6.07) is 6.33. The molecule has 0 saturated heterocycles. The summed E-state index contributed by atoms with van der Waals surface area (Å²) in [5.41, 5.74) is 3.83. The molecule has 2 saturated carbocycles. The van der Waals surface area contributed by atoms with Crippen molar-refractivity contribution >= 4 is 29.2 Å². The lowest BCUT2D eigenvalue weighted by Gasteiger charge is -2.34. The van der Waals surface area contributed by atoms with Crippen molar-refractivity contribution in [2.75, 3.05) is 0 Å². The molecule has 2 unspecified atom stereocenters. The van der Waals surface area contributed by atoms with E-state index in [9.17, 15) is 14.4 Å². The molecule has 1 aromatic carbocycles. The van der Waals surface area contributed by atoms with Gasteiger partial charge in [-0.05, 0) is 48.4 Å². The van der Waals surface area contributed by atoms with Crippen LogP contribution in [0.15, 0.2) is 24.3 Å². The van der Waals surface area contributed by atoms with Gasteiger partial charge in [-0.3, -0.25) is 25.2 Å². The zero-order chi connectivity index (χ0) is 16.8. The van der Waals surface area contributed by atoms with Crippen LogP contribution >= 0.6 is 11.6 Å². The normalized spacial score (nSPS) is 27.8. The van der Waals surface area contributed by atoms with Crippen molar-refractivity contribution in [2.45, 2.75) is 33.1 Å². The van der Waals surface area contributed by atoms with Crippen molar-refractivity contribution < 1.29 is 14.4 Å². The Labute approximate surface area is 139 Å². The summed E-state index contributed by atoms with van der Waals surface area (Å²) in [7, 11) is 0. The number of Topliss-reactive ketones (excluding diaryl/α,β-unsaturated/α-hetero) is 1. The highest BCUT2D eigenvalue weighted by atomic mass is 35.5. The predicted octanol–water partition coefficient (Wildman–Crippen LogP) is 2.50. The highest BCUT2D eigenvalue weighted by Gasteiger charge is 2.68. The van der Waals surface area contributed by atoms with E-state index in [1.165, 1.54) is 0 Å². The van der Waals surface area contributed by atoms with Gasteiger partial charge in [0.1, 0.15) is 11.2 Å². The molecule has 2 N–H and O–H groups in total. The Hall–Kier alpha value is -1.88. The van der Waals surface area contributed by atoms with Crippen LogP contribution in [-0.4, -0.2) is 17.6 Å². The van der Waals surface area contributed by atoms with E-state index in [2.05, 4.69) is 10.9 Å². The number of carbonyl (C=O) groups excluding carboxylic acids is 3. The minimum atomic E-state index is -1.02. The van der Waals surface area contributed by atoms with Gasteiger partial charge in [0.15, 0.2) is 0 Å². The van der Waals surface area contributed by atoms with Gasteiger partial charge in [-0.25, -0.2) is 0 Å². The Balaban J connectivity index is 1.71. The largest absolute Gasteiger partial charge is 0.298 e. The lowest BCUT2D eigenvalue weighted by atomic mass is 9.68. The number of ketones is 1. The quantitative estimate of drug-likeness (QED) is 0.644. The number of benzene rings is 1. The molecule has 2 bridgehead atoms. The minimum absolute atomic E-state index is 0.0167. The molecule has 0 spiro atoms. The fourth-order valence-corrected chi connectivity index (χ4v) is 4.23. The van der Waals surface area contributed by atoms with Crippen LogP contribution in [0.1, 0.15) is 43.5 Å². The van der Waals surface area contributed by atoms with Gasteiger partial charge < -0.3 is 0 Å². The van der Waals surface area contributed by atoms with E-state index in [0.717, 1.165) is 6.42 Å². The molecule has 2 amide bonds. The molecule has 2 aliphatic carbocycles. The van der Waals surface area contributed by atoms with Gasteiger partial charge in [-0.1, -0.05) is 25.4 Å². The van der Waals surface area contributed by atoms with E-state index >= 15 is 0 Å². The number of amides is 2. The molecule has 3 rings (SSSR count). The Morgan fingerprint density at radius 1 is 1.17 bits per heavy atom. The van der Waals surface area contributed by atoms with Crippen LogP contribution in [0.3, 0.4) is 0 Å². The van der Waals surface area contributed by atoms with Crippen LogP contribution in [0.25, 0.3) is 0 Å². The standard InChI is InChI=1S/C17H19ClN2O3/c1-16(2)11-7-8-17(16,13(21)9-11)15(23)20-19-14(22)10-3-5-12(18)6-4-10/h3-6,11H,7-9H2,1-2H3,(H,19,22)(H,20,23). The number of hydrazine groups is 1. The smallest absolute Gasteiger partial charge is 0.269 e. The number of nitrogens with one attached hydrogen (secondary N) is 2. The highest BCUT2D eigenvalue weighted by Crippen LogP contribution is 2.63. The molecule has 122 valence electrons. The van der Waals surface area contributed by atoms with Gasteiger partial charge >= 0.3 is 0 Å². The first-order valence-corrected chi connectivity index (χ1v) is 8.06. The zero-order valence-corrected chi connectivity index (χ0v) is 13.9. The van der Waals surface area contributed by atoms with Crippen LogP contribution in [0, 0.1) is 16.7 Å². The van der Waals surface area contributed by atoms with Gasteiger partial charge in [0.25, 0.3) is 11.8 Å². The fraction of sp³-hybridized carbons (Fsp3) is 0.471. The second-order valence-electron chi connectivity index (χ2n) is 6.91. The molecule has 0 heterocycles. The van der Waals surface area contributed by atoms with Gasteiger partial charge in [-0.15, -0.1) is 0 Å². The first kappa shape index (κ1) is 16.0. The maximum atomic E-state index is 12.7. The maximum Gasteiger partial charge on any atom is 0.269 e. The Kier molecular flexibility index (Phi) is 3.71. The maximum absolute atomic E-state index is 12.7. The highest BCUT2D eigenvalue weighted by molar-refractivity contribution is 6.30. The molecular weight excluding hydrogens is 316 g/mol. The van der Waals surface area contributed by atoms with Crippen LogP contribution < -0.4 is 10.9 Å². The first-order valence-electron chi connectivity index (χ1n) is 7.69. The molecule has 2 aliphatic rings. The summed E-state index contributed by atoms with van der Waals surface area (Å²) >= 11 is 5.78. The number of hydrogen-bond donors (Lipinski definition) is 2. The second-order valence-corrected chi connectivity index (χ2v) is 7.34. The molecule has 5 nitrogen and oxygen atoms in total. The Bertz CT molecular complexity index is 684. The van der Waals surface area contributed by atoms with E-state index in [4.69, 9.17) is 11.6 Å². The molecule has 0 aliphatic heterocycles. The lowest BCUT2D eigenvalue weighted by molar-refractivity contribution is -0.145. The molecule has 0 radical (unpaired) electrons. The third-order valence-corrected chi connectivity index (χ3v) is 5.93. The van der Waals surface area contributed by atoms with Gasteiger partial charge in [-0.2, -0.15) is 0 Å². The van der Waals surface area contributed by atoms with E-state index in [1.54, 1.807) is 24.3 Å². The van der Waals surface area contributed by atoms with Crippen LogP contribution in [-0.2, 0) is 9.59 Å². The molecule has 0 aromatic heterocycles. The van der Waals surface area contributed by atoms with E-state index in [0.29, 0.717) is 23.4 Å². The summed E-state index contributed by atoms with van der Waals surface area (Å²) in [5.74, 6) is -0.622. The van der Waals surface area contributed by atoms with Crippen molar-refractivity contribution in [1.82, 2.24) is 10.9 Å². The van der Waals surface area contributed by atoms with Crippen molar-refractivity contribution in [1.29, 1.82) is 0 Å². The second kappa shape index (κ2) is 5.34. The van der Waals surface area contributed by atoms with Gasteiger partial charge in [0.05, 0.1) is 0 Å². The van der Waals surface area contributed by atoms with E-state index in [1.807, 2.05) is 13.8 Å². The third kappa shape index (κ3) is 2.26. The lowest BCUT2D eigenvalue weighted by Crippen LogP contribution is -2.54. The summed E-state index contributed by atoms with van der Waals surface area (Å²) in [6.07, 6.45) is 1.87. The average Bonchev–Trinajstić information content (AvgIpc) is 2.88. The molecule has 2 atom stereocenters. The SMILES string of the molecule is CC1(C)C2CCC1(C(=O)NNC(=O)c1ccc(Cl)cc1)C(=O)C2. The summed E-state index contributed by atoms with van der Waals surface area (Å²) in [5, 5.41) is 0.528. The van der Waals surface area contributed by atoms with Crippen molar-refractivity contribution in [3.8, 4) is 0 Å². The molecular formula is C17H19ClN2O3.